The van der Waals surface area contributed by atoms with E-state index in [0.29, 0.717) is 13.2 Å². The Balaban J connectivity index is 1.71. The number of imidazole rings is 1. The lowest BCUT2D eigenvalue weighted by Gasteiger charge is -2.28. The molecule has 0 aromatic carbocycles. The van der Waals surface area contributed by atoms with Crippen LogP contribution in [0.5, 0.6) is 0 Å². The zero-order valence-corrected chi connectivity index (χ0v) is 13.8. The molecule has 1 unspecified atom stereocenters. The fraction of sp³-hybridized carbons (Fsp3) is 0.786. The van der Waals surface area contributed by atoms with Crippen molar-refractivity contribution >= 4 is 10.0 Å². The molecule has 1 aromatic rings. The first kappa shape index (κ1) is 15.9. The predicted octanol–water partition coefficient (Wildman–Crippen LogP) is 0.266. The van der Waals surface area contributed by atoms with E-state index in [0.717, 1.165) is 51.0 Å². The van der Waals surface area contributed by atoms with Gasteiger partial charge in [-0.25, -0.2) is 18.1 Å². The van der Waals surface area contributed by atoms with Gasteiger partial charge in [-0.2, -0.15) is 0 Å². The highest BCUT2D eigenvalue weighted by Crippen LogP contribution is 2.21. The Hall–Kier alpha value is -0.960. The van der Waals surface area contributed by atoms with Crippen molar-refractivity contribution in [1.82, 2.24) is 19.6 Å². The van der Waals surface area contributed by atoms with E-state index >= 15 is 0 Å². The van der Waals surface area contributed by atoms with Crippen LogP contribution in [0.4, 0.5) is 0 Å². The summed E-state index contributed by atoms with van der Waals surface area (Å²) in [6.07, 6.45) is 6.60. The Kier molecular flexibility index (Phi) is 4.54. The van der Waals surface area contributed by atoms with E-state index in [4.69, 9.17) is 4.74 Å². The third kappa shape index (κ3) is 3.19. The van der Waals surface area contributed by atoms with Crippen molar-refractivity contribution in [3.63, 3.8) is 0 Å². The molecule has 2 aliphatic heterocycles. The number of methoxy groups -OCH3 is 1. The van der Waals surface area contributed by atoms with Gasteiger partial charge in [-0.3, -0.25) is 0 Å². The number of aryl methyl sites for hydroxylation is 2. The monoisotopic (exact) mass is 328 g/mol. The summed E-state index contributed by atoms with van der Waals surface area (Å²) in [5, 5.41) is 3.50. The first-order valence-electron chi connectivity index (χ1n) is 7.84. The third-order valence-corrected chi connectivity index (χ3v) is 5.79. The molecular weight excluding hydrogens is 304 g/mol. The van der Waals surface area contributed by atoms with Crippen LogP contribution >= 0.6 is 0 Å². The van der Waals surface area contributed by atoms with Gasteiger partial charge in [-0.15, -0.1) is 0 Å². The van der Waals surface area contributed by atoms with Crippen LogP contribution in [0.25, 0.3) is 0 Å². The molecule has 1 fully saturated rings. The van der Waals surface area contributed by atoms with E-state index in [1.807, 2.05) is 4.57 Å². The van der Waals surface area contributed by atoms with E-state index in [9.17, 15) is 8.42 Å². The topological polar surface area (TPSA) is 85.2 Å². The fourth-order valence-electron chi connectivity index (χ4n) is 3.29. The molecular formula is C14H24N4O3S. The minimum Gasteiger partial charge on any atom is -0.383 e. The van der Waals surface area contributed by atoms with Crippen LogP contribution in [0.1, 0.15) is 31.5 Å². The van der Waals surface area contributed by atoms with Crippen molar-refractivity contribution in [3.05, 3.63) is 12.0 Å². The molecule has 0 saturated carbocycles. The summed E-state index contributed by atoms with van der Waals surface area (Å²) < 4.78 is 34.9. The molecule has 22 heavy (non-hydrogen) atoms. The van der Waals surface area contributed by atoms with Crippen molar-refractivity contribution in [3.8, 4) is 0 Å². The number of hydrogen-bond donors (Lipinski definition) is 2. The van der Waals surface area contributed by atoms with Crippen molar-refractivity contribution in [2.45, 2.75) is 49.2 Å². The number of aromatic nitrogens is 2. The SMILES string of the molecule is COCC1(CNS(=O)(=O)c2cn3c(n2)CCCC3)CCCN1. The zero-order valence-electron chi connectivity index (χ0n) is 13.0. The van der Waals surface area contributed by atoms with Crippen LogP contribution in [-0.4, -0.2) is 50.3 Å². The minimum atomic E-state index is -3.58. The average Bonchev–Trinajstić information content (AvgIpc) is 3.13. The summed E-state index contributed by atoms with van der Waals surface area (Å²) in [5.74, 6) is 0.872. The smallest absolute Gasteiger partial charge is 0.259 e. The van der Waals surface area contributed by atoms with E-state index in [-0.39, 0.29) is 10.6 Å². The lowest BCUT2D eigenvalue weighted by Crippen LogP contribution is -2.52. The van der Waals surface area contributed by atoms with Crippen molar-refractivity contribution in [2.24, 2.45) is 0 Å². The van der Waals surface area contributed by atoms with Gasteiger partial charge in [0.25, 0.3) is 10.0 Å². The molecule has 0 bridgehead atoms. The number of nitrogens with zero attached hydrogens (tertiary/aromatic N) is 2. The van der Waals surface area contributed by atoms with Gasteiger partial charge in [0.2, 0.25) is 0 Å². The van der Waals surface area contributed by atoms with Crippen LogP contribution in [0.15, 0.2) is 11.2 Å². The maximum atomic E-state index is 12.5. The Morgan fingerprint density at radius 1 is 1.45 bits per heavy atom. The molecule has 3 rings (SSSR count). The number of nitrogens with one attached hydrogen (secondary N) is 2. The van der Waals surface area contributed by atoms with E-state index in [2.05, 4.69) is 15.0 Å². The predicted molar refractivity (Wildman–Crippen MR) is 82.2 cm³/mol. The highest BCUT2D eigenvalue weighted by Gasteiger charge is 2.35. The van der Waals surface area contributed by atoms with Gasteiger partial charge in [0.15, 0.2) is 5.03 Å². The number of hydrogen-bond acceptors (Lipinski definition) is 5. The number of ether oxygens (including phenoxy) is 1. The molecule has 1 saturated heterocycles. The molecule has 0 amide bonds. The second-order valence-electron chi connectivity index (χ2n) is 6.21. The van der Waals surface area contributed by atoms with Gasteiger partial charge in [-0.1, -0.05) is 0 Å². The molecule has 124 valence electrons. The lowest BCUT2D eigenvalue weighted by atomic mass is 9.99. The highest BCUT2D eigenvalue weighted by molar-refractivity contribution is 7.89. The molecule has 2 N–H and O–H groups in total. The number of sulfonamides is 1. The summed E-state index contributed by atoms with van der Waals surface area (Å²) in [6, 6.07) is 0. The lowest BCUT2D eigenvalue weighted by molar-refractivity contribution is 0.122. The maximum Gasteiger partial charge on any atom is 0.259 e. The van der Waals surface area contributed by atoms with Crippen LogP contribution in [0.3, 0.4) is 0 Å². The largest absolute Gasteiger partial charge is 0.383 e. The highest BCUT2D eigenvalue weighted by atomic mass is 32.2. The molecule has 0 aliphatic carbocycles. The standard InChI is InChI=1S/C14H24N4O3S/c1-21-11-14(6-4-7-15-14)10-16-22(19,20)13-9-18-8-3-2-5-12(18)17-13/h9,15-16H,2-8,10-11H2,1H3. The van der Waals surface area contributed by atoms with Crippen molar-refractivity contribution in [1.29, 1.82) is 0 Å². The molecule has 2 aliphatic rings. The van der Waals surface area contributed by atoms with Crippen LogP contribution < -0.4 is 10.0 Å². The normalized spacial score (nSPS) is 25.3. The second-order valence-corrected chi connectivity index (χ2v) is 7.93. The molecule has 3 heterocycles. The summed E-state index contributed by atoms with van der Waals surface area (Å²) >= 11 is 0. The molecule has 0 radical (unpaired) electrons. The third-order valence-electron chi connectivity index (χ3n) is 4.52. The molecule has 0 spiro atoms. The van der Waals surface area contributed by atoms with Gasteiger partial charge >= 0.3 is 0 Å². The Morgan fingerprint density at radius 3 is 3.00 bits per heavy atom. The van der Waals surface area contributed by atoms with E-state index in [1.54, 1.807) is 13.3 Å². The summed E-state index contributed by atoms with van der Waals surface area (Å²) in [6.45, 7) is 2.57. The van der Waals surface area contributed by atoms with Crippen molar-refractivity contribution < 1.29 is 13.2 Å². The quantitative estimate of drug-likeness (QED) is 0.783. The first-order valence-corrected chi connectivity index (χ1v) is 9.33. The zero-order chi connectivity index (χ0) is 15.6. The summed E-state index contributed by atoms with van der Waals surface area (Å²) in [4.78, 5) is 4.30. The molecule has 1 atom stereocenters. The Morgan fingerprint density at radius 2 is 2.32 bits per heavy atom. The van der Waals surface area contributed by atoms with Gasteiger partial charge in [0.05, 0.1) is 12.1 Å². The van der Waals surface area contributed by atoms with E-state index < -0.39 is 10.0 Å². The molecule has 8 heteroatoms. The molecule has 1 aromatic heterocycles. The van der Waals surface area contributed by atoms with Crippen LogP contribution in [0, 0.1) is 0 Å². The molecule has 7 nitrogen and oxygen atoms in total. The Labute approximate surface area is 131 Å². The van der Waals surface area contributed by atoms with Gasteiger partial charge in [0, 0.05) is 32.8 Å². The van der Waals surface area contributed by atoms with Crippen LogP contribution in [0.2, 0.25) is 0 Å². The van der Waals surface area contributed by atoms with E-state index in [1.165, 1.54) is 0 Å². The number of fused-ring (bicyclic) bond motifs is 1. The van der Waals surface area contributed by atoms with Gasteiger partial charge in [0.1, 0.15) is 5.82 Å². The second kappa shape index (κ2) is 6.27. The maximum absolute atomic E-state index is 12.5. The summed E-state index contributed by atoms with van der Waals surface area (Å²) in [5.41, 5.74) is -0.304. The van der Waals surface area contributed by atoms with Gasteiger partial charge in [-0.05, 0) is 32.2 Å². The van der Waals surface area contributed by atoms with Crippen molar-refractivity contribution in [2.75, 3.05) is 26.8 Å². The minimum absolute atomic E-state index is 0.134. The van der Waals surface area contributed by atoms with Crippen LogP contribution in [-0.2, 0) is 27.7 Å². The fourth-order valence-corrected chi connectivity index (χ4v) is 4.40. The number of rotatable bonds is 6. The average molecular weight is 328 g/mol. The Bertz CT molecular complexity index is 597. The van der Waals surface area contributed by atoms with Gasteiger partial charge < -0.3 is 14.6 Å². The summed E-state index contributed by atoms with van der Waals surface area (Å²) in [7, 11) is -1.94. The first-order chi connectivity index (χ1) is 10.5.